The van der Waals surface area contributed by atoms with E-state index in [9.17, 15) is 4.79 Å². The Kier molecular flexibility index (Phi) is 4.94. The summed E-state index contributed by atoms with van der Waals surface area (Å²) in [6.45, 7) is 6.30. The molecule has 1 amide bonds. The van der Waals surface area contributed by atoms with Crippen molar-refractivity contribution >= 4 is 5.91 Å². The summed E-state index contributed by atoms with van der Waals surface area (Å²) in [5.41, 5.74) is 3.11. The molecule has 0 aliphatic carbocycles. The molecule has 0 bridgehead atoms. The Bertz CT molecular complexity index is 951. The number of hydrogen-bond acceptors (Lipinski definition) is 4. The maximum Gasteiger partial charge on any atom is 0.253 e. The molecular formula is C22H25N5O. The number of rotatable bonds is 4. The van der Waals surface area contributed by atoms with Gasteiger partial charge in [-0.2, -0.15) is 0 Å². The fraction of sp³-hybridized carbons (Fsp3) is 0.364. The van der Waals surface area contributed by atoms with Crippen LogP contribution in [0.15, 0.2) is 54.6 Å². The maximum absolute atomic E-state index is 13.1. The Labute approximate surface area is 165 Å². The highest BCUT2D eigenvalue weighted by Crippen LogP contribution is 2.34. The Morgan fingerprint density at radius 3 is 2.54 bits per heavy atom. The highest BCUT2D eigenvalue weighted by molar-refractivity contribution is 5.94. The van der Waals surface area contributed by atoms with E-state index in [0.29, 0.717) is 6.54 Å². The lowest BCUT2D eigenvalue weighted by atomic mass is 9.76. The molecule has 1 atom stereocenters. The highest BCUT2D eigenvalue weighted by Gasteiger charge is 2.34. The minimum atomic E-state index is 0.00668. The molecule has 6 nitrogen and oxygen atoms in total. The molecule has 0 N–H and O–H groups in total. The molecule has 144 valence electrons. The topological polar surface area (TPSA) is 63.9 Å². The molecule has 6 heteroatoms. The molecule has 0 radical (unpaired) electrons. The molecule has 1 aliphatic heterocycles. The summed E-state index contributed by atoms with van der Waals surface area (Å²) in [6, 6.07) is 18.3. The molecule has 0 saturated carbocycles. The Morgan fingerprint density at radius 2 is 1.86 bits per heavy atom. The van der Waals surface area contributed by atoms with Crippen molar-refractivity contribution in [1.29, 1.82) is 0 Å². The number of amides is 1. The van der Waals surface area contributed by atoms with Gasteiger partial charge in [-0.15, -0.1) is 5.10 Å². The van der Waals surface area contributed by atoms with Crippen molar-refractivity contribution in [2.45, 2.75) is 38.6 Å². The van der Waals surface area contributed by atoms with Gasteiger partial charge in [0.15, 0.2) is 0 Å². The van der Waals surface area contributed by atoms with Crippen LogP contribution in [0.3, 0.4) is 0 Å². The maximum atomic E-state index is 13.1. The molecule has 0 spiro atoms. The van der Waals surface area contributed by atoms with E-state index in [-0.39, 0.29) is 11.3 Å². The number of carbonyl (C=O) groups is 1. The van der Waals surface area contributed by atoms with Gasteiger partial charge in [0.05, 0.1) is 6.54 Å². The molecule has 1 aromatic heterocycles. The van der Waals surface area contributed by atoms with Crippen molar-refractivity contribution in [1.82, 2.24) is 25.1 Å². The van der Waals surface area contributed by atoms with E-state index < -0.39 is 0 Å². The second-order valence-corrected chi connectivity index (χ2v) is 7.84. The minimum Gasteiger partial charge on any atom is -0.338 e. The van der Waals surface area contributed by atoms with E-state index in [4.69, 9.17) is 0 Å². The van der Waals surface area contributed by atoms with Crippen molar-refractivity contribution < 1.29 is 4.79 Å². The Morgan fingerprint density at radius 1 is 1.11 bits per heavy atom. The van der Waals surface area contributed by atoms with Gasteiger partial charge in [-0.3, -0.25) is 4.79 Å². The van der Waals surface area contributed by atoms with Crippen LogP contribution in [-0.2, 0) is 12.0 Å². The van der Waals surface area contributed by atoms with Gasteiger partial charge in [-0.05, 0) is 53.5 Å². The largest absolute Gasteiger partial charge is 0.338 e. The third-order valence-electron chi connectivity index (χ3n) is 5.70. The minimum absolute atomic E-state index is 0.00668. The zero-order valence-corrected chi connectivity index (χ0v) is 16.4. The number of aryl methyl sites for hydroxylation is 1. The predicted octanol–water partition coefficient (Wildman–Crippen LogP) is 3.22. The normalized spacial score (nSPS) is 19.6. The van der Waals surface area contributed by atoms with Crippen LogP contribution in [0.1, 0.15) is 47.1 Å². The molecule has 3 aromatic rings. The van der Waals surface area contributed by atoms with Gasteiger partial charge >= 0.3 is 0 Å². The summed E-state index contributed by atoms with van der Waals surface area (Å²) in [4.78, 5) is 15.1. The summed E-state index contributed by atoms with van der Waals surface area (Å²) >= 11 is 0. The van der Waals surface area contributed by atoms with Gasteiger partial charge in [-0.25, -0.2) is 4.68 Å². The third-order valence-corrected chi connectivity index (χ3v) is 5.70. The summed E-state index contributed by atoms with van der Waals surface area (Å²) in [6.07, 6.45) is 2.12. The first-order valence-electron chi connectivity index (χ1n) is 9.72. The van der Waals surface area contributed by atoms with Crippen LogP contribution in [-0.4, -0.2) is 44.1 Å². The Hall–Kier alpha value is -3.02. The molecule has 1 fully saturated rings. The first kappa shape index (κ1) is 18.3. The van der Waals surface area contributed by atoms with Crippen LogP contribution in [0.4, 0.5) is 0 Å². The number of hydrogen-bond donors (Lipinski definition) is 0. The second-order valence-electron chi connectivity index (χ2n) is 7.84. The van der Waals surface area contributed by atoms with E-state index in [1.165, 1.54) is 5.56 Å². The first-order valence-corrected chi connectivity index (χ1v) is 9.72. The van der Waals surface area contributed by atoms with Gasteiger partial charge in [-0.1, -0.05) is 49.4 Å². The summed E-state index contributed by atoms with van der Waals surface area (Å²) < 4.78 is 1.74. The van der Waals surface area contributed by atoms with Crippen molar-refractivity contribution in [2.75, 3.05) is 13.1 Å². The lowest BCUT2D eigenvalue weighted by molar-refractivity contribution is 0.0651. The molecule has 4 rings (SSSR count). The molecule has 28 heavy (non-hydrogen) atoms. The molecular weight excluding hydrogens is 350 g/mol. The number of likely N-dealkylation sites (tertiary alicyclic amines) is 1. The molecule has 0 unspecified atom stereocenters. The fourth-order valence-electron chi connectivity index (χ4n) is 3.99. The zero-order valence-electron chi connectivity index (χ0n) is 16.4. The quantitative estimate of drug-likeness (QED) is 0.702. The average Bonchev–Trinajstić information content (AvgIpc) is 3.13. The Balaban J connectivity index is 1.47. The number of tetrazole rings is 1. The van der Waals surface area contributed by atoms with Gasteiger partial charge in [0.2, 0.25) is 0 Å². The lowest BCUT2D eigenvalue weighted by Crippen LogP contribution is -2.47. The predicted molar refractivity (Wildman–Crippen MR) is 107 cm³/mol. The smallest absolute Gasteiger partial charge is 0.253 e. The molecule has 1 saturated heterocycles. The van der Waals surface area contributed by atoms with Gasteiger partial charge in [0, 0.05) is 24.1 Å². The summed E-state index contributed by atoms with van der Waals surface area (Å²) in [5.74, 6) is 0.876. The number of carbonyl (C=O) groups excluding carboxylic acids is 1. The van der Waals surface area contributed by atoms with Crippen LogP contribution in [0.5, 0.6) is 0 Å². The van der Waals surface area contributed by atoms with Gasteiger partial charge < -0.3 is 4.90 Å². The summed E-state index contributed by atoms with van der Waals surface area (Å²) in [7, 11) is 0. The number of aromatic nitrogens is 4. The van der Waals surface area contributed by atoms with E-state index in [2.05, 4.69) is 46.7 Å². The van der Waals surface area contributed by atoms with Crippen LogP contribution in [0, 0.1) is 6.92 Å². The molecule has 2 heterocycles. The van der Waals surface area contributed by atoms with Crippen LogP contribution in [0.25, 0.3) is 0 Å². The number of benzene rings is 2. The average molecular weight is 375 g/mol. The third kappa shape index (κ3) is 3.67. The van der Waals surface area contributed by atoms with Gasteiger partial charge in [0.1, 0.15) is 5.82 Å². The standard InChI is InChI=1S/C22H25N5O/c1-17-23-24-25-27(17)15-18-9-11-19(12-10-18)21(28)26-14-6-13-22(2,16-26)20-7-4-3-5-8-20/h3-5,7-12H,6,13-16H2,1-2H3/t22-/m0/s1. The van der Waals surface area contributed by atoms with E-state index in [1.807, 2.05) is 42.2 Å². The fourth-order valence-corrected chi connectivity index (χ4v) is 3.99. The van der Waals surface area contributed by atoms with E-state index in [1.54, 1.807) is 4.68 Å². The van der Waals surface area contributed by atoms with Crippen molar-refractivity contribution in [3.63, 3.8) is 0 Å². The van der Waals surface area contributed by atoms with Crippen molar-refractivity contribution in [3.8, 4) is 0 Å². The zero-order chi connectivity index (χ0) is 19.6. The van der Waals surface area contributed by atoms with E-state index in [0.717, 1.165) is 42.9 Å². The van der Waals surface area contributed by atoms with Crippen molar-refractivity contribution in [3.05, 3.63) is 77.1 Å². The summed E-state index contributed by atoms with van der Waals surface area (Å²) in [5, 5.41) is 11.5. The van der Waals surface area contributed by atoms with E-state index >= 15 is 0 Å². The van der Waals surface area contributed by atoms with Crippen LogP contribution >= 0.6 is 0 Å². The number of piperidine rings is 1. The van der Waals surface area contributed by atoms with Gasteiger partial charge in [0.25, 0.3) is 5.91 Å². The first-order chi connectivity index (χ1) is 13.5. The molecule has 2 aromatic carbocycles. The number of nitrogens with zero attached hydrogens (tertiary/aromatic N) is 5. The lowest BCUT2D eigenvalue weighted by Gasteiger charge is -2.41. The molecule has 1 aliphatic rings. The highest BCUT2D eigenvalue weighted by atomic mass is 16.2. The van der Waals surface area contributed by atoms with Crippen molar-refractivity contribution in [2.24, 2.45) is 0 Å². The van der Waals surface area contributed by atoms with Crippen LogP contribution in [0.2, 0.25) is 0 Å². The SMILES string of the molecule is Cc1nnnn1Cc1ccc(C(=O)N2CCC[C@](C)(c3ccccc3)C2)cc1. The van der Waals surface area contributed by atoms with Crippen LogP contribution < -0.4 is 0 Å². The monoisotopic (exact) mass is 375 g/mol. The second kappa shape index (κ2) is 7.54.